The molecule has 0 aliphatic rings. The number of aromatic nitrogens is 2. The highest BCUT2D eigenvalue weighted by Crippen LogP contribution is 2.37. The molecule has 0 saturated carbocycles. The summed E-state index contributed by atoms with van der Waals surface area (Å²) in [5.74, 6) is -0.463. The highest BCUT2D eigenvalue weighted by Gasteiger charge is 2.16. The lowest BCUT2D eigenvalue weighted by molar-refractivity contribution is 0.630. The van der Waals surface area contributed by atoms with Crippen molar-refractivity contribution in [1.29, 1.82) is 0 Å². The Labute approximate surface area is 119 Å². The second-order valence-corrected chi connectivity index (χ2v) is 5.47. The minimum Gasteiger partial charge on any atom is -0.339 e. The SMILES string of the molecule is Fc1ccc2[nH]c3ncc(I)c(Cl)c3c2c1Cl. The molecule has 0 fully saturated rings. The topological polar surface area (TPSA) is 28.7 Å². The number of halogens is 4. The van der Waals surface area contributed by atoms with Gasteiger partial charge in [0, 0.05) is 22.5 Å². The molecule has 1 N–H and O–H groups in total. The minimum atomic E-state index is -0.463. The van der Waals surface area contributed by atoms with E-state index in [1.54, 1.807) is 12.3 Å². The van der Waals surface area contributed by atoms with E-state index in [1.807, 2.05) is 0 Å². The van der Waals surface area contributed by atoms with Crippen molar-refractivity contribution in [2.24, 2.45) is 0 Å². The lowest BCUT2D eigenvalue weighted by Gasteiger charge is -1.99. The molecule has 0 unspecified atom stereocenters. The first-order valence-electron chi connectivity index (χ1n) is 4.69. The summed E-state index contributed by atoms with van der Waals surface area (Å²) < 4.78 is 14.3. The molecule has 17 heavy (non-hydrogen) atoms. The quantitative estimate of drug-likeness (QED) is 0.559. The summed E-state index contributed by atoms with van der Waals surface area (Å²) in [6, 6.07) is 2.94. The van der Waals surface area contributed by atoms with Crippen LogP contribution in [0.4, 0.5) is 4.39 Å². The first kappa shape index (κ1) is 11.5. The molecule has 2 heterocycles. The zero-order valence-corrected chi connectivity index (χ0v) is 11.9. The molecule has 0 atom stereocenters. The predicted molar refractivity (Wildman–Crippen MR) is 76.3 cm³/mol. The molecule has 0 aliphatic heterocycles. The van der Waals surface area contributed by atoms with Gasteiger partial charge in [-0.1, -0.05) is 23.2 Å². The number of H-pyrrole nitrogens is 1. The molecule has 0 bridgehead atoms. The van der Waals surface area contributed by atoms with Crippen molar-refractivity contribution >= 4 is 67.7 Å². The van der Waals surface area contributed by atoms with Gasteiger partial charge in [0.05, 0.1) is 13.6 Å². The number of pyridine rings is 1. The lowest BCUT2D eigenvalue weighted by Crippen LogP contribution is -1.82. The van der Waals surface area contributed by atoms with Crippen LogP contribution in [0.1, 0.15) is 0 Å². The largest absolute Gasteiger partial charge is 0.339 e. The monoisotopic (exact) mass is 380 g/mol. The van der Waals surface area contributed by atoms with E-state index in [9.17, 15) is 4.39 Å². The van der Waals surface area contributed by atoms with E-state index >= 15 is 0 Å². The Morgan fingerprint density at radius 3 is 2.71 bits per heavy atom. The zero-order valence-electron chi connectivity index (χ0n) is 8.19. The van der Waals surface area contributed by atoms with Crippen molar-refractivity contribution in [3.05, 3.63) is 37.8 Å². The van der Waals surface area contributed by atoms with Gasteiger partial charge in [0.15, 0.2) is 0 Å². The van der Waals surface area contributed by atoms with Gasteiger partial charge in [-0.2, -0.15) is 0 Å². The predicted octanol–water partition coefficient (Wildman–Crippen LogP) is 4.77. The van der Waals surface area contributed by atoms with Crippen molar-refractivity contribution in [3.8, 4) is 0 Å². The van der Waals surface area contributed by atoms with Crippen LogP contribution >= 0.6 is 45.8 Å². The highest BCUT2D eigenvalue weighted by atomic mass is 127. The Bertz CT molecular complexity index is 692. The first-order chi connectivity index (χ1) is 8.09. The average Bonchev–Trinajstić information content (AvgIpc) is 2.69. The fraction of sp³-hybridized carbons (Fsp3) is 0. The van der Waals surface area contributed by atoms with Crippen LogP contribution in [0.3, 0.4) is 0 Å². The van der Waals surface area contributed by atoms with Crippen LogP contribution in [0.25, 0.3) is 21.9 Å². The van der Waals surface area contributed by atoms with Crippen molar-refractivity contribution in [2.75, 3.05) is 0 Å². The van der Waals surface area contributed by atoms with E-state index in [1.165, 1.54) is 6.07 Å². The van der Waals surface area contributed by atoms with Crippen LogP contribution in [-0.4, -0.2) is 9.97 Å². The molecule has 0 spiro atoms. The van der Waals surface area contributed by atoms with Crippen LogP contribution < -0.4 is 0 Å². The van der Waals surface area contributed by atoms with Gasteiger partial charge in [-0.3, -0.25) is 0 Å². The van der Waals surface area contributed by atoms with Crippen LogP contribution in [0.5, 0.6) is 0 Å². The van der Waals surface area contributed by atoms with Gasteiger partial charge in [0.25, 0.3) is 0 Å². The van der Waals surface area contributed by atoms with Gasteiger partial charge in [-0.05, 0) is 34.7 Å². The molecule has 0 amide bonds. The molecule has 86 valence electrons. The number of aromatic amines is 1. The van der Waals surface area contributed by atoms with E-state index in [2.05, 4.69) is 32.6 Å². The van der Waals surface area contributed by atoms with Crippen LogP contribution in [0.15, 0.2) is 18.3 Å². The van der Waals surface area contributed by atoms with Crippen molar-refractivity contribution in [3.63, 3.8) is 0 Å². The number of nitrogens with zero attached hydrogens (tertiary/aromatic N) is 1. The van der Waals surface area contributed by atoms with E-state index in [0.717, 1.165) is 9.09 Å². The maximum Gasteiger partial charge on any atom is 0.142 e. The fourth-order valence-electron chi connectivity index (χ4n) is 1.82. The van der Waals surface area contributed by atoms with Gasteiger partial charge in [-0.15, -0.1) is 0 Å². The maximum absolute atomic E-state index is 13.5. The smallest absolute Gasteiger partial charge is 0.142 e. The number of fused-ring (bicyclic) bond motifs is 3. The fourth-order valence-corrected chi connectivity index (χ4v) is 2.72. The van der Waals surface area contributed by atoms with Gasteiger partial charge in [0.1, 0.15) is 11.5 Å². The van der Waals surface area contributed by atoms with Gasteiger partial charge in [-0.25, -0.2) is 9.37 Å². The van der Waals surface area contributed by atoms with Gasteiger partial charge < -0.3 is 4.98 Å². The third kappa shape index (κ3) is 1.62. The molecule has 6 heteroatoms. The number of hydrogen-bond donors (Lipinski definition) is 1. The second kappa shape index (κ2) is 3.96. The van der Waals surface area contributed by atoms with E-state index in [0.29, 0.717) is 21.4 Å². The molecule has 3 rings (SSSR count). The van der Waals surface area contributed by atoms with Gasteiger partial charge in [0.2, 0.25) is 0 Å². The summed E-state index contributed by atoms with van der Waals surface area (Å²) in [7, 11) is 0. The van der Waals surface area contributed by atoms with Crippen molar-refractivity contribution < 1.29 is 4.39 Å². The Kier molecular flexibility index (Phi) is 2.68. The summed E-state index contributed by atoms with van der Waals surface area (Å²) in [6.07, 6.45) is 1.66. The molecule has 0 saturated heterocycles. The van der Waals surface area contributed by atoms with Gasteiger partial charge >= 0.3 is 0 Å². The van der Waals surface area contributed by atoms with E-state index < -0.39 is 5.82 Å². The summed E-state index contributed by atoms with van der Waals surface area (Å²) in [5, 5.41) is 1.85. The molecule has 1 aromatic carbocycles. The summed E-state index contributed by atoms with van der Waals surface area (Å²) in [4.78, 5) is 7.29. The third-order valence-electron chi connectivity index (χ3n) is 2.57. The summed E-state index contributed by atoms with van der Waals surface area (Å²) >= 11 is 14.3. The van der Waals surface area contributed by atoms with Crippen LogP contribution in [-0.2, 0) is 0 Å². The number of nitrogens with one attached hydrogen (secondary N) is 1. The molecule has 3 aromatic rings. The molecular formula is C11H4Cl2FIN2. The number of rotatable bonds is 0. The molecule has 2 aromatic heterocycles. The Morgan fingerprint density at radius 2 is 1.94 bits per heavy atom. The third-order valence-corrected chi connectivity index (χ3v) is 4.47. The number of benzene rings is 1. The number of hydrogen-bond acceptors (Lipinski definition) is 1. The maximum atomic E-state index is 13.5. The average molecular weight is 381 g/mol. The Balaban J connectivity index is 2.65. The molecule has 0 radical (unpaired) electrons. The normalized spacial score (nSPS) is 11.5. The zero-order chi connectivity index (χ0) is 12.2. The summed E-state index contributed by atoms with van der Waals surface area (Å²) in [5.41, 5.74) is 1.33. The van der Waals surface area contributed by atoms with Crippen molar-refractivity contribution in [2.45, 2.75) is 0 Å². The van der Waals surface area contributed by atoms with E-state index in [4.69, 9.17) is 23.2 Å². The highest BCUT2D eigenvalue weighted by molar-refractivity contribution is 14.1. The Hall–Kier alpha value is -0.590. The molecule has 0 aliphatic carbocycles. The van der Waals surface area contributed by atoms with E-state index in [-0.39, 0.29) is 5.02 Å². The molecular weight excluding hydrogens is 377 g/mol. The Morgan fingerprint density at radius 1 is 1.18 bits per heavy atom. The van der Waals surface area contributed by atoms with Crippen molar-refractivity contribution in [1.82, 2.24) is 9.97 Å². The lowest BCUT2D eigenvalue weighted by atomic mass is 10.2. The second-order valence-electron chi connectivity index (χ2n) is 3.55. The van der Waals surface area contributed by atoms with Crippen LogP contribution in [0, 0.1) is 9.39 Å². The van der Waals surface area contributed by atoms with Crippen LogP contribution in [0.2, 0.25) is 10.0 Å². The first-order valence-corrected chi connectivity index (χ1v) is 6.52. The summed E-state index contributed by atoms with van der Waals surface area (Å²) in [6.45, 7) is 0. The minimum absolute atomic E-state index is 0.0689. The molecule has 2 nitrogen and oxygen atoms in total. The standard InChI is InChI=1S/C11H4Cl2FIN2/c12-9-4(14)1-2-6-7(9)8-10(13)5(15)3-16-11(8)17-6/h1-3H,(H,16,17).